The van der Waals surface area contributed by atoms with Crippen molar-refractivity contribution >= 4 is 49.8 Å². The summed E-state index contributed by atoms with van der Waals surface area (Å²) >= 11 is 0. The summed E-state index contributed by atoms with van der Waals surface area (Å²) in [4.78, 5) is 2.33. The van der Waals surface area contributed by atoms with Gasteiger partial charge in [0.2, 0.25) is 0 Å². The lowest BCUT2D eigenvalue weighted by molar-refractivity contribution is 0.674. The van der Waals surface area contributed by atoms with Gasteiger partial charge in [0.15, 0.2) is 0 Å². The van der Waals surface area contributed by atoms with Crippen LogP contribution in [0.1, 0.15) is 0 Å². The Bertz CT molecular complexity index is 2790. The number of para-hydroxylation sites is 1. The molecule has 0 unspecified atom stereocenters. The molecule has 1 heterocycles. The summed E-state index contributed by atoms with van der Waals surface area (Å²) in [6.45, 7) is 0. The van der Waals surface area contributed by atoms with E-state index < -0.39 is 0 Å². The smallest absolute Gasteiger partial charge is 0.143 e. The lowest BCUT2D eigenvalue weighted by atomic mass is 9.95. The minimum Gasteiger partial charge on any atom is -0.455 e. The number of nitrogens with zero attached hydrogens (tertiary/aromatic N) is 1. The van der Waals surface area contributed by atoms with Crippen LogP contribution in [0.25, 0.3) is 77.2 Å². The van der Waals surface area contributed by atoms with E-state index in [0.29, 0.717) is 0 Å². The highest BCUT2D eigenvalue weighted by atomic mass is 16.3. The van der Waals surface area contributed by atoms with E-state index in [0.717, 1.165) is 55.5 Å². The van der Waals surface area contributed by atoms with Gasteiger partial charge in [0.05, 0.1) is 0 Å². The maximum absolute atomic E-state index is 6.84. The third-order valence-corrected chi connectivity index (χ3v) is 10.5. The summed E-state index contributed by atoms with van der Waals surface area (Å²) in [6.07, 6.45) is 0. The van der Waals surface area contributed by atoms with Gasteiger partial charge in [-0.1, -0.05) is 170 Å². The lowest BCUT2D eigenvalue weighted by Gasteiger charge is -2.26. The van der Waals surface area contributed by atoms with Gasteiger partial charge in [0.1, 0.15) is 11.2 Å². The van der Waals surface area contributed by atoms with Crippen molar-refractivity contribution in [2.24, 2.45) is 0 Å². The molecule has 0 saturated carbocycles. The van der Waals surface area contributed by atoms with Gasteiger partial charge in [-0.2, -0.15) is 0 Å². The van der Waals surface area contributed by atoms with Gasteiger partial charge >= 0.3 is 0 Å². The van der Waals surface area contributed by atoms with Crippen LogP contribution in [-0.2, 0) is 0 Å². The lowest BCUT2D eigenvalue weighted by Crippen LogP contribution is -2.09. The summed E-state index contributed by atoms with van der Waals surface area (Å²) < 4.78 is 6.84. The highest BCUT2D eigenvalue weighted by Crippen LogP contribution is 2.43. The summed E-state index contributed by atoms with van der Waals surface area (Å²) in [6, 6.07) is 75.6. The predicted octanol–water partition coefficient (Wildman–Crippen LogP) is 14.9. The summed E-state index contributed by atoms with van der Waals surface area (Å²) in [5.41, 5.74) is 14.5. The first-order chi connectivity index (χ1) is 26.8. The molecule has 0 N–H and O–H groups in total. The van der Waals surface area contributed by atoms with Crippen molar-refractivity contribution in [3.63, 3.8) is 0 Å². The van der Waals surface area contributed by atoms with Crippen molar-refractivity contribution in [1.29, 1.82) is 0 Å². The second-order valence-electron chi connectivity index (χ2n) is 13.7. The third-order valence-electron chi connectivity index (χ3n) is 10.5. The molecule has 0 radical (unpaired) electrons. The van der Waals surface area contributed by atoms with Crippen molar-refractivity contribution in [2.45, 2.75) is 0 Å². The molecule has 0 aliphatic heterocycles. The first kappa shape index (κ1) is 31.6. The number of hydrogen-bond donors (Lipinski definition) is 0. The minimum absolute atomic E-state index is 0.903. The Kier molecular flexibility index (Phi) is 7.85. The van der Waals surface area contributed by atoms with Crippen LogP contribution in [0.4, 0.5) is 17.1 Å². The van der Waals surface area contributed by atoms with Gasteiger partial charge in [0, 0.05) is 38.8 Å². The van der Waals surface area contributed by atoms with E-state index in [1.165, 1.54) is 38.8 Å². The highest BCUT2D eigenvalue weighted by Gasteiger charge is 2.18. The number of furan rings is 1. The molecule has 0 bridgehead atoms. The van der Waals surface area contributed by atoms with Crippen LogP contribution in [0.3, 0.4) is 0 Å². The van der Waals surface area contributed by atoms with E-state index in [4.69, 9.17) is 4.42 Å². The second-order valence-corrected chi connectivity index (χ2v) is 13.7. The van der Waals surface area contributed by atoms with Crippen molar-refractivity contribution in [3.8, 4) is 44.5 Å². The Morgan fingerprint density at radius 2 is 0.648 bits per heavy atom. The second kappa shape index (κ2) is 13.4. The molecule has 2 heteroatoms. The van der Waals surface area contributed by atoms with E-state index in [1.807, 2.05) is 0 Å². The maximum atomic E-state index is 6.84. The Hall–Kier alpha value is -7.16. The SMILES string of the molecule is c1ccc(-c2ccc(N(c3ccc(-c4ccccc4)cc3)c3ccc(-c4cccc5c4oc4c6ccccc6c(-c6ccccc6)cc54)cc3)cc2)cc1. The van der Waals surface area contributed by atoms with Gasteiger partial charge in [-0.3, -0.25) is 0 Å². The monoisotopic (exact) mass is 689 g/mol. The maximum Gasteiger partial charge on any atom is 0.143 e. The van der Waals surface area contributed by atoms with Gasteiger partial charge in [-0.05, 0) is 86.8 Å². The molecule has 0 spiro atoms. The molecule has 0 fully saturated rings. The molecule has 0 amide bonds. The molecule has 2 nitrogen and oxygen atoms in total. The zero-order chi connectivity index (χ0) is 35.8. The number of anilines is 3. The minimum atomic E-state index is 0.903. The summed E-state index contributed by atoms with van der Waals surface area (Å²) in [5, 5.41) is 4.56. The van der Waals surface area contributed by atoms with Gasteiger partial charge in [0.25, 0.3) is 0 Å². The number of benzene rings is 9. The Morgan fingerprint density at radius 1 is 0.259 bits per heavy atom. The molecule has 0 aliphatic carbocycles. The van der Waals surface area contributed by atoms with E-state index in [9.17, 15) is 0 Å². The molecule has 54 heavy (non-hydrogen) atoms. The fraction of sp³-hybridized carbons (Fsp3) is 0. The fourth-order valence-electron chi connectivity index (χ4n) is 7.81. The average molecular weight is 690 g/mol. The fourth-order valence-corrected chi connectivity index (χ4v) is 7.81. The quantitative estimate of drug-likeness (QED) is 0.166. The zero-order valence-corrected chi connectivity index (χ0v) is 29.6. The average Bonchev–Trinajstić information content (AvgIpc) is 3.64. The van der Waals surface area contributed by atoms with E-state index in [2.05, 4.69) is 217 Å². The first-order valence-electron chi connectivity index (χ1n) is 18.4. The molecule has 254 valence electrons. The first-order valence-corrected chi connectivity index (χ1v) is 18.4. The number of hydrogen-bond acceptors (Lipinski definition) is 2. The van der Waals surface area contributed by atoms with Crippen molar-refractivity contribution in [1.82, 2.24) is 0 Å². The van der Waals surface area contributed by atoms with Crippen LogP contribution in [-0.4, -0.2) is 0 Å². The Morgan fingerprint density at radius 3 is 1.19 bits per heavy atom. The van der Waals surface area contributed by atoms with Gasteiger partial charge in [-0.15, -0.1) is 0 Å². The molecule has 9 aromatic carbocycles. The van der Waals surface area contributed by atoms with E-state index >= 15 is 0 Å². The van der Waals surface area contributed by atoms with Crippen LogP contribution in [0.5, 0.6) is 0 Å². The Balaban J connectivity index is 1.07. The van der Waals surface area contributed by atoms with E-state index in [-0.39, 0.29) is 0 Å². The predicted molar refractivity (Wildman–Crippen MR) is 228 cm³/mol. The van der Waals surface area contributed by atoms with Crippen LogP contribution < -0.4 is 4.90 Å². The van der Waals surface area contributed by atoms with Crippen LogP contribution in [0.2, 0.25) is 0 Å². The summed E-state index contributed by atoms with van der Waals surface area (Å²) in [5.74, 6) is 0. The third kappa shape index (κ3) is 5.62. The molecule has 10 aromatic rings. The van der Waals surface area contributed by atoms with Crippen LogP contribution >= 0.6 is 0 Å². The normalized spacial score (nSPS) is 11.3. The molecule has 0 atom stereocenters. The van der Waals surface area contributed by atoms with Crippen LogP contribution in [0.15, 0.2) is 217 Å². The zero-order valence-electron chi connectivity index (χ0n) is 29.6. The molecule has 0 saturated heterocycles. The number of rotatable bonds is 7. The largest absolute Gasteiger partial charge is 0.455 e. The Labute approximate surface area is 314 Å². The van der Waals surface area contributed by atoms with Crippen LogP contribution in [0, 0.1) is 0 Å². The summed E-state index contributed by atoms with van der Waals surface area (Å²) in [7, 11) is 0. The van der Waals surface area contributed by atoms with Gasteiger partial charge < -0.3 is 9.32 Å². The van der Waals surface area contributed by atoms with Crippen molar-refractivity contribution in [3.05, 3.63) is 212 Å². The molecular weight excluding hydrogens is 655 g/mol. The highest BCUT2D eigenvalue weighted by molar-refractivity contribution is 6.20. The number of fused-ring (bicyclic) bond motifs is 5. The molecule has 10 rings (SSSR count). The molecule has 0 aliphatic rings. The topological polar surface area (TPSA) is 16.4 Å². The van der Waals surface area contributed by atoms with Gasteiger partial charge in [-0.25, -0.2) is 0 Å². The molecular formula is C52H35NO. The van der Waals surface area contributed by atoms with Crippen molar-refractivity contribution in [2.75, 3.05) is 4.90 Å². The van der Waals surface area contributed by atoms with Crippen molar-refractivity contribution < 1.29 is 4.42 Å². The molecule has 1 aromatic heterocycles. The standard InChI is InChI=1S/C52H35NO/c1-4-13-36(14-5-1)38-23-29-42(30-24-38)53(43-31-25-39(26-32-43)37-15-6-2-7-16-37)44-33-27-41(28-34-44)45-21-12-22-48-50-35-49(40-17-8-3-9-18-40)46-19-10-11-20-47(46)52(50)54-51(45)48/h1-35H. The van der Waals surface area contributed by atoms with E-state index in [1.54, 1.807) is 0 Å².